The van der Waals surface area contributed by atoms with Crippen molar-refractivity contribution < 1.29 is 4.57 Å². The van der Waals surface area contributed by atoms with E-state index in [0.717, 1.165) is 12.8 Å². The summed E-state index contributed by atoms with van der Waals surface area (Å²) in [6.45, 7) is 11.3. The molecular formula is C19H27N2+. The molecule has 0 unspecified atom stereocenters. The Morgan fingerprint density at radius 2 is 1.95 bits per heavy atom. The number of nitrogens with zero attached hydrogens (tertiary/aromatic N) is 2. The molecule has 0 aliphatic rings. The van der Waals surface area contributed by atoms with Crippen LogP contribution in [0.1, 0.15) is 45.7 Å². The first-order valence-corrected chi connectivity index (χ1v) is 7.78. The van der Waals surface area contributed by atoms with Crippen molar-refractivity contribution in [3.63, 3.8) is 0 Å². The van der Waals surface area contributed by atoms with E-state index in [1.54, 1.807) is 0 Å². The van der Waals surface area contributed by atoms with Crippen LogP contribution in [0, 0.1) is 11.3 Å². The second kappa shape index (κ2) is 6.38. The smallest absolute Gasteiger partial charge is 0.216 e. The standard InChI is InChI=1S/C19H27N2/c1-15(2)11-17-13-20-9-8-18(17)21-10-6-7-16(14-21)12-19(3,4)5/h6-10,13-15H,11-12H2,1-5H3/q+1. The molecular weight excluding hydrogens is 256 g/mol. The van der Waals surface area contributed by atoms with Crippen LogP contribution in [0.5, 0.6) is 0 Å². The van der Waals surface area contributed by atoms with Crippen molar-refractivity contribution in [1.82, 2.24) is 4.98 Å². The molecule has 2 heterocycles. The monoisotopic (exact) mass is 283 g/mol. The Hall–Kier alpha value is -1.70. The Morgan fingerprint density at radius 3 is 2.62 bits per heavy atom. The number of hydrogen-bond donors (Lipinski definition) is 0. The lowest BCUT2D eigenvalue weighted by Gasteiger charge is -2.17. The Labute approximate surface area is 128 Å². The average Bonchev–Trinajstić information content (AvgIpc) is 2.37. The first-order chi connectivity index (χ1) is 9.85. The molecule has 2 aromatic heterocycles. The van der Waals surface area contributed by atoms with Crippen LogP contribution in [-0.4, -0.2) is 4.98 Å². The third-order valence-electron chi connectivity index (χ3n) is 3.38. The van der Waals surface area contributed by atoms with Crippen molar-refractivity contribution in [3.05, 3.63) is 54.1 Å². The largest absolute Gasteiger partial charge is 0.264 e. The highest BCUT2D eigenvalue weighted by atomic mass is 14.9. The van der Waals surface area contributed by atoms with Gasteiger partial charge in [0.25, 0.3) is 0 Å². The van der Waals surface area contributed by atoms with Gasteiger partial charge in [-0.1, -0.05) is 34.6 Å². The van der Waals surface area contributed by atoms with Crippen molar-refractivity contribution in [3.8, 4) is 5.69 Å². The van der Waals surface area contributed by atoms with Gasteiger partial charge in [-0.2, -0.15) is 4.57 Å². The molecule has 0 spiro atoms. The number of aromatic nitrogens is 2. The lowest BCUT2D eigenvalue weighted by molar-refractivity contribution is -0.596. The van der Waals surface area contributed by atoms with Crippen molar-refractivity contribution in [1.29, 1.82) is 0 Å². The quantitative estimate of drug-likeness (QED) is 0.770. The summed E-state index contributed by atoms with van der Waals surface area (Å²) in [6, 6.07) is 6.46. The van der Waals surface area contributed by atoms with Gasteiger partial charge in [0.15, 0.2) is 12.4 Å². The maximum Gasteiger partial charge on any atom is 0.216 e. The Morgan fingerprint density at radius 1 is 1.19 bits per heavy atom. The molecule has 0 saturated carbocycles. The second-order valence-corrected chi connectivity index (χ2v) is 7.46. The Balaban J connectivity index is 2.36. The lowest BCUT2D eigenvalue weighted by atomic mass is 9.89. The van der Waals surface area contributed by atoms with Crippen LogP contribution in [-0.2, 0) is 12.8 Å². The van der Waals surface area contributed by atoms with Gasteiger partial charge in [-0.15, -0.1) is 0 Å². The van der Waals surface area contributed by atoms with Gasteiger partial charge in [-0.05, 0) is 30.2 Å². The van der Waals surface area contributed by atoms with Gasteiger partial charge in [0.1, 0.15) is 0 Å². The van der Waals surface area contributed by atoms with Crippen molar-refractivity contribution >= 4 is 0 Å². The summed E-state index contributed by atoms with van der Waals surface area (Å²) in [4.78, 5) is 4.29. The maximum atomic E-state index is 4.29. The molecule has 0 aliphatic carbocycles. The fourth-order valence-corrected chi connectivity index (χ4v) is 2.66. The van der Waals surface area contributed by atoms with Gasteiger partial charge in [-0.3, -0.25) is 4.98 Å². The highest BCUT2D eigenvalue weighted by Crippen LogP contribution is 2.20. The fraction of sp³-hybridized carbons (Fsp3) is 0.474. The van der Waals surface area contributed by atoms with E-state index in [1.807, 2.05) is 12.4 Å². The maximum absolute atomic E-state index is 4.29. The van der Waals surface area contributed by atoms with Gasteiger partial charge in [0, 0.05) is 35.7 Å². The summed E-state index contributed by atoms with van der Waals surface area (Å²) in [5.74, 6) is 0.631. The molecule has 2 heteroatoms. The highest BCUT2D eigenvalue weighted by molar-refractivity contribution is 5.31. The van der Waals surface area contributed by atoms with E-state index in [9.17, 15) is 0 Å². The molecule has 0 bridgehead atoms. The van der Waals surface area contributed by atoms with E-state index in [2.05, 4.69) is 74.8 Å². The van der Waals surface area contributed by atoms with Gasteiger partial charge < -0.3 is 0 Å². The molecule has 0 radical (unpaired) electrons. The summed E-state index contributed by atoms with van der Waals surface area (Å²) in [6.07, 6.45) is 10.4. The van der Waals surface area contributed by atoms with E-state index < -0.39 is 0 Å². The molecule has 0 aromatic carbocycles. The minimum atomic E-state index is 0.304. The minimum Gasteiger partial charge on any atom is -0.264 e. The van der Waals surface area contributed by atoms with Crippen molar-refractivity contribution in [2.24, 2.45) is 11.3 Å². The van der Waals surface area contributed by atoms with Crippen molar-refractivity contribution in [2.75, 3.05) is 0 Å². The SMILES string of the molecule is CC(C)Cc1cnccc1-[n+]1cccc(CC(C)(C)C)c1. The van der Waals surface area contributed by atoms with Crippen LogP contribution in [0.4, 0.5) is 0 Å². The van der Waals surface area contributed by atoms with Gasteiger partial charge in [-0.25, -0.2) is 0 Å². The predicted molar refractivity (Wildman–Crippen MR) is 87.5 cm³/mol. The number of rotatable bonds is 4. The lowest BCUT2D eigenvalue weighted by Crippen LogP contribution is -2.32. The molecule has 0 fully saturated rings. The predicted octanol–water partition coefficient (Wildman–Crippen LogP) is 4.15. The third kappa shape index (κ3) is 4.66. The summed E-state index contributed by atoms with van der Waals surface area (Å²) in [5, 5.41) is 0. The van der Waals surface area contributed by atoms with E-state index >= 15 is 0 Å². The molecule has 2 nitrogen and oxygen atoms in total. The minimum absolute atomic E-state index is 0.304. The van der Waals surface area contributed by atoms with Crippen LogP contribution in [0.15, 0.2) is 43.0 Å². The summed E-state index contributed by atoms with van der Waals surface area (Å²) < 4.78 is 2.24. The molecule has 2 aromatic rings. The van der Waals surface area contributed by atoms with Gasteiger partial charge >= 0.3 is 0 Å². The first-order valence-electron chi connectivity index (χ1n) is 7.78. The Kier molecular flexibility index (Phi) is 4.76. The van der Waals surface area contributed by atoms with E-state index in [1.165, 1.54) is 16.8 Å². The van der Waals surface area contributed by atoms with Crippen molar-refractivity contribution in [2.45, 2.75) is 47.5 Å². The molecule has 2 rings (SSSR count). The average molecular weight is 283 g/mol. The highest BCUT2D eigenvalue weighted by Gasteiger charge is 2.17. The first kappa shape index (κ1) is 15.7. The normalized spacial score (nSPS) is 11.9. The van der Waals surface area contributed by atoms with Crippen LogP contribution < -0.4 is 4.57 Å². The van der Waals surface area contributed by atoms with E-state index in [0.29, 0.717) is 11.3 Å². The summed E-state index contributed by atoms with van der Waals surface area (Å²) >= 11 is 0. The van der Waals surface area contributed by atoms with Gasteiger partial charge in [0.05, 0.1) is 0 Å². The second-order valence-electron chi connectivity index (χ2n) is 7.46. The molecule has 0 amide bonds. The number of pyridine rings is 2. The zero-order valence-corrected chi connectivity index (χ0v) is 13.9. The third-order valence-corrected chi connectivity index (χ3v) is 3.38. The molecule has 0 aliphatic heterocycles. The molecule has 112 valence electrons. The van der Waals surface area contributed by atoms with E-state index in [4.69, 9.17) is 0 Å². The van der Waals surface area contributed by atoms with Gasteiger partial charge in [0.2, 0.25) is 5.69 Å². The number of hydrogen-bond acceptors (Lipinski definition) is 1. The van der Waals surface area contributed by atoms with E-state index in [-0.39, 0.29) is 0 Å². The molecule has 0 saturated heterocycles. The van der Waals surface area contributed by atoms with Crippen LogP contribution in [0.3, 0.4) is 0 Å². The fourth-order valence-electron chi connectivity index (χ4n) is 2.66. The summed E-state index contributed by atoms with van der Waals surface area (Å²) in [7, 11) is 0. The topological polar surface area (TPSA) is 16.8 Å². The zero-order valence-electron chi connectivity index (χ0n) is 13.9. The molecule has 21 heavy (non-hydrogen) atoms. The Bertz CT molecular complexity index is 595. The molecule has 0 atom stereocenters. The zero-order chi connectivity index (χ0) is 15.5. The van der Waals surface area contributed by atoms with Crippen LogP contribution in [0.25, 0.3) is 5.69 Å². The summed E-state index contributed by atoms with van der Waals surface area (Å²) in [5.41, 5.74) is 4.23. The van der Waals surface area contributed by atoms with Crippen LogP contribution >= 0.6 is 0 Å². The molecule has 0 N–H and O–H groups in total. The van der Waals surface area contributed by atoms with Crippen LogP contribution in [0.2, 0.25) is 0 Å².